The standard InChI is InChI=1S/C18H26N2O3/c1-18(2)10-8-13-6-4-5-7-14(13)15(12-18)19-17(23)20(3)11-9-16(21)22/h4-7,15H,8-12H2,1-3H3,(H,19,23)(H,21,22). The van der Waals surface area contributed by atoms with E-state index in [0.29, 0.717) is 0 Å². The van der Waals surface area contributed by atoms with Crippen LogP contribution in [0.25, 0.3) is 0 Å². The number of nitrogens with one attached hydrogen (secondary N) is 1. The lowest BCUT2D eigenvalue weighted by atomic mass is 9.83. The summed E-state index contributed by atoms with van der Waals surface area (Å²) in [5, 5.41) is 11.8. The van der Waals surface area contributed by atoms with E-state index in [1.807, 2.05) is 12.1 Å². The number of aryl methyl sites for hydroxylation is 1. The van der Waals surface area contributed by atoms with Crippen LogP contribution in [0.15, 0.2) is 24.3 Å². The van der Waals surface area contributed by atoms with Gasteiger partial charge in [-0.3, -0.25) is 4.79 Å². The first-order valence-electron chi connectivity index (χ1n) is 8.10. The summed E-state index contributed by atoms with van der Waals surface area (Å²) < 4.78 is 0. The summed E-state index contributed by atoms with van der Waals surface area (Å²) >= 11 is 0. The molecule has 5 heteroatoms. The summed E-state index contributed by atoms with van der Waals surface area (Å²) in [7, 11) is 1.63. The summed E-state index contributed by atoms with van der Waals surface area (Å²) in [5.74, 6) is -0.898. The Morgan fingerprint density at radius 2 is 2.04 bits per heavy atom. The highest BCUT2D eigenvalue weighted by Gasteiger charge is 2.30. The molecule has 1 unspecified atom stereocenters. The summed E-state index contributed by atoms with van der Waals surface area (Å²) in [5.41, 5.74) is 2.62. The molecule has 0 spiro atoms. The van der Waals surface area contributed by atoms with Crippen molar-refractivity contribution < 1.29 is 14.7 Å². The second-order valence-corrected chi connectivity index (χ2v) is 7.13. The van der Waals surface area contributed by atoms with Crippen molar-refractivity contribution >= 4 is 12.0 Å². The Morgan fingerprint density at radius 1 is 1.35 bits per heavy atom. The number of carbonyl (C=O) groups excluding carboxylic acids is 1. The largest absolute Gasteiger partial charge is 0.481 e. The van der Waals surface area contributed by atoms with Crippen LogP contribution >= 0.6 is 0 Å². The van der Waals surface area contributed by atoms with E-state index in [4.69, 9.17) is 5.11 Å². The minimum atomic E-state index is -0.898. The summed E-state index contributed by atoms with van der Waals surface area (Å²) in [6.07, 6.45) is 2.94. The van der Waals surface area contributed by atoms with E-state index in [1.165, 1.54) is 16.0 Å². The predicted molar refractivity (Wildman–Crippen MR) is 89.3 cm³/mol. The van der Waals surface area contributed by atoms with Crippen molar-refractivity contribution in [2.24, 2.45) is 5.41 Å². The van der Waals surface area contributed by atoms with E-state index in [9.17, 15) is 9.59 Å². The van der Waals surface area contributed by atoms with Gasteiger partial charge in [0, 0.05) is 13.6 Å². The number of benzene rings is 1. The molecule has 23 heavy (non-hydrogen) atoms. The molecule has 0 aromatic heterocycles. The molecule has 1 aromatic carbocycles. The average Bonchev–Trinajstić information content (AvgIpc) is 2.61. The topological polar surface area (TPSA) is 69.6 Å². The molecule has 2 N–H and O–H groups in total. The third-order valence-electron chi connectivity index (χ3n) is 4.56. The third-order valence-corrected chi connectivity index (χ3v) is 4.56. The minimum absolute atomic E-state index is 0.0384. The molecule has 0 bridgehead atoms. The molecule has 1 atom stereocenters. The Bertz CT molecular complexity index is 583. The van der Waals surface area contributed by atoms with Crippen LogP contribution in [0.3, 0.4) is 0 Å². The Kier molecular flexibility index (Phi) is 5.29. The first kappa shape index (κ1) is 17.3. The van der Waals surface area contributed by atoms with E-state index in [2.05, 4.69) is 31.3 Å². The lowest BCUT2D eigenvalue weighted by Crippen LogP contribution is -2.41. The van der Waals surface area contributed by atoms with Crippen molar-refractivity contribution in [1.82, 2.24) is 10.2 Å². The van der Waals surface area contributed by atoms with Crippen molar-refractivity contribution in [2.75, 3.05) is 13.6 Å². The van der Waals surface area contributed by atoms with Crippen molar-refractivity contribution in [1.29, 1.82) is 0 Å². The maximum Gasteiger partial charge on any atom is 0.317 e. The molecule has 2 rings (SSSR count). The van der Waals surface area contributed by atoms with Crippen LogP contribution in [0.5, 0.6) is 0 Å². The van der Waals surface area contributed by atoms with Gasteiger partial charge in [-0.2, -0.15) is 0 Å². The molecule has 0 saturated carbocycles. The van der Waals surface area contributed by atoms with Crippen LogP contribution in [0, 0.1) is 5.41 Å². The Labute approximate surface area is 137 Å². The second-order valence-electron chi connectivity index (χ2n) is 7.13. The molecule has 126 valence electrons. The fraction of sp³-hybridized carbons (Fsp3) is 0.556. The van der Waals surface area contributed by atoms with Gasteiger partial charge in [0.1, 0.15) is 0 Å². The smallest absolute Gasteiger partial charge is 0.317 e. The number of rotatable bonds is 4. The molecule has 0 heterocycles. The number of hydrogen-bond acceptors (Lipinski definition) is 2. The molecule has 0 saturated heterocycles. The lowest BCUT2D eigenvalue weighted by Gasteiger charge is -2.29. The van der Waals surface area contributed by atoms with Crippen molar-refractivity contribution in [3.8, 4) is 0 Å². The van der Waals surface area contributed by atoms with Crippen LogP contribution in [0.1, 0.15) is 50.3 Å². The number of urea groups is 1. The molecule has 0 fully saturated rings. The van der Waals surface area contributed by atoms with Crippen molar-refractivity contribution in [3.63, 3.8) is 0 Å². The number of hydrogen-bond donors (Lipinski definition) is 2. The zero-order valence-corrected chi connectivity index (χ0v) is 14.1. The molecular formula is C18H26N2O3. The van der Waals surface area contributed by atoms with Gasteiger partial charge in [0.15, 0.2) is 0 Å². The normalized spacial score (nSPS) is 19.3. The zero-order valence-electron chi connectivity index (χ0n) is 14.1. The number of amides is 2. The van der Waals surface area contributed by atoms with Crippen LogP contribution < -0.4 is 5.32 Å². The second kappa shape index (κ2) is 7.02. The van der Waals surface area contributed by atoms with Crippen LogP contribution in [0.4, 0.5) is 4.79 Å². The Balaban J connectivity index is 2.12. The molecule has 2 amide bonds. The maximum atomic E-state index is 12.4. The van der Waals surface area contributed by atoms with Crippen LogP contribution in [-0.4, -0.2) is 35.6 Å². The summed E-state index contributed by atoms with van der Waals surface area (Å²) in [6, 6.07) is 8.00. The fourth-order valence-electron chi connectivity index (χ4n) is 3.09. The molecule has 1 aliphatic carbocycles. The minimum Gasteiger partial charge on any atom is -0.481 e. The van der Waals surface area contributed by atoms with Gasteiger partial charge in [-0.05, 0) is 35.8 Å². The highest BCUT2D eigenvalue weighted by molar-refractivity contribution is 5.75. The summed E-state index contributed by atoms with van der Waals surface area (Å²) in [6.45, 7) is 4.66. The summed E-state index contributed by atoms with van der Waals surface area (Å²) in [4.78, 5) is 24.5. The zero-order chi connectivity index (χ0) is 17.0. The van der Waals surface area contributed by atoms with Gasteiger partial charge in [0.25, 0.3) is 0 Å². The maximum absolute atomic E-state index is 12.4. The number of carboxylic acid groups (broad SMARTS) is 1. The highest BCUT2D eigenvalue weighted by atomic mass is 16.4. The van der Waals surface area contributed by atoms with Gasteiger partial charge in [0.2, 0.25) is 0 Å². The number of aliphatic carboxylic acids is 1. The molecular weight excluding hydrogens is 292 g/mol. The van der Waals surface area contributed by atoms with Gasteiger partial charge in [0.05, 0.1) is 12.5 Å². The van der Waals surface area contributed by atoms with E-state index in [-0.39, 0.29) is 30.5 Å². The monoisotopic (exact) mass is 318 g/mol. The first-order valence-corrected chi connectivity index (χ1v) is 8.10. The van der Waals surface area contributed by atoms with Crippen molar-refractivity contribution in [2.45, 2.75) is 45.6 Å². The van der Waals surface area contributed by atoms with E-state index < -0.39 is 5.97 Å². The van der Waals surface area contributed by atoms with E-state index in [0.717, 1.165) is 19.3 Å². The third kappa shape index (κ3) is 4.71. The predicted octanol–water partition coefficient (Wildman–Crippen LogP) is 3.21. The molecule has 0 aliphatic heterocycles. The van der Waals surface area contributed by atoms with Gasteiger partial charge in [-0.1, -0.05) is 38.1 Å². The number of nitrogens with zero attached hydrogens (tertiary/aromatic N) is 1. The molecule has 1 aliphatic rings. The molecule has 1 aromatic rings. The SMILES string of the molecule is CN(CCC(=O)O)C(=O)NC1CC(C)(C)CCc2ccccc21. The lowest BCUT2D eigenvalue weighted by molar-refractivity contribution is -0.137. The van der Waals surface area contributed by atoms with Crippen LogP contribution in [0.2, 0.25) is 0 Å². The van der Waals surface area contributed by atoms with Gasteiger partial charge in [-0.15, -0.1) is 0 Å². The average molecular weight is 318 g/mol. The quantitative estimate of drug-likeness (QED) is 0.838. The number of carboxylic acids is 1. The Hall–Kier alpha value is -2.04. The number of carbonyl (C=O) groups is 2. The van der Waals surface area contributed by atoms with Crippen LogP contribution in [-0.2, 0) is 11.2 Å². The first-order chi connectivity index (χ1) is 10.8. The van der Waals surface area contributed by atoms with Crippen molar-refractivity contribution in [3.05, 3.63) is 35.4 Å². The highest BCUT2D eigenvalue weighted by Crippen LogP contribution is 2.39. The fourth-order valence-corrected chi connectivity index (χ4v) is 3.09. The van der Waals surface area contributed by atoms with Gasteiger partial charge >= 0.3 is 12.0 Å². The molecule has 5 nitrogen and oxygen atoms in total. The van der Waals surface area contributed by atoms with Gasteiger partial charge in [-0.25, -0.2) is 4.79 Å². The Morgan fingerprint density at radius 3 is 2.74 bits per heavy atom. The van der Waals surface area contributed by atoms with E-state index >= 15 is 0 Å². The number of fused-ring (bicyclic) bond motifs is 1. The van der Waals surface area contributed by atoms with E-state index in [1.54, 1.807) is 7.05 Å². The molecule has 0 radical (unpaired) electrons. The van der Waals surface area contributed by atoms with Gasteiger partial charge < -0.3 is 15.3 Å².